The molecular formula is C29H40N8O2. The molecule has 3 aromatic rings. The Kier molecular flexibility index (Phi) is 8.11. The first kappa shape index (κ1) is 27.1. The smallest absolute Gasteiger partial charge is 0.315 e. The van der Waals surface area contributed by atoms with Crippen molar-refractivity contribution in [2.75, 3.05) is 49.5 Å². The van der Waals surface area contributed by atoms with Gasteiger partial charge >= 0.3 is 6.01 Å². The maximum Gasteiger partial charge on any atom is 0.315 e. The van der Waals surface area contributed by atoms with Gasteiger partial charge in [0.15, 0.2) is 0 Å². The fourth-order valence-corrected chi connectivity index (χ4v) is 5.80. The fourth-order valence-electron chi connectivity index (χ4n) is 5.80. The average molecular weight is 533 g/mol. The van der Waals surface area contributed by atoms with E-state index in [1.165, 1.54) is 11.1 Å². The lowest BCUT2D eigenvalue weighted by molar-refractivity contribution is 0.0490. The number of nitrogens with one attached hydrogen (secondary N) is 1. The van der Waals surface area contributed by atoms with Crippen LogP contribution in [0.15, 0.2) is 28.8 Å². The third-order valence-corrected chi connectivity index (χ3v) is 8.17. The van der Waals surface area contributed by atoms with E-state index >= 15 is 0 Å². The van der Waals surface area contributed by atoms with E-state index in [1.807, 2.05) is 36.9 Å². The van der Waals surface area contributed by atoms with E-state index < -0.39 is 0 Å². The van der Waals surface area contributed by atoms with Crippen LogP contribution < -0.4 is 10.2 Å². The number of anilines is 2. The predicted molar refractivity (Wildman–Crippen MR) is 152 cm³/mol. The Morgan fingerprint density at radius 1 is 1.05 bits per heavy atom. The quantitative estimate of drug-likeness (QED) is 0.482. The zero-order valence-electron chi connectivity index (χ0n) is 23.8. The standard InChI is InChI=1S/C29H40N8O2/c1-6-23-18-36(26-21(5)32-25(17-31-26)27-33-34-29(39-27)30-7-2)14-15-37(23)24-10-12-35(13-11-24)28(38)22-9-8-19(3)20(4)16-22/h8-9,16-17,23-24H,6-7,10-15,18H2,1-5H3,(H,30,34). The van der Waals surface area contributed by atoms with Crippen LogP contribution in [0.25, 0.3) is 11.6 Å². The average Bonchev–Trinajstić information content (AvgIpc) is 3.43. The minimum absolute atomic E-state index is 0.157. The van der Waals surface area contributed by atoms with Crippen molar-refractivity contribution < 1.29 is 9.21 Å². The largest absolute Gasteiger partial charge is 0.402 e. The van der Waals surface area contributed by atoms with Gasteiger partial charge in [0.05, 0.1) is 11.9 Å². The van der Waals surface area contributed by atoms with Crippen molar-refractivity contribution in [2.24, 2.45) is 0 Å². The Hall–Kier alpha value is -3.53. The van der Waals surface area contributed by atoms with Gasteiger partial charge in [0, 0.05) is 56.9 Å². The summed E-state index contributed by atoms with van der Waals surface area (Å²) in [7, 11) is 0. The molecule has 1 amide bonds. The van der Waals surface area contributed by atoms with Gasteiger partial charge in [-0.05, 0) is 70.2 Å². The van der Waals surface area contributed by atoms with Crippen molar-refractivity contribution in [1.82, 2.24) is 30.0 Å². The number of carbonyl (C=O) groups is 1. The third-order valence-electron chi connectivity index (χ3n) is 8.17. The Bertz CT molecular complexity index is 1300. The van der Waals surface area contributed by atoms with Crippen LogP contribution in [0, 0.1) is 20.8 Å². The van der Waals surface area contributed by atoms with Gasteiger partial charge in [0.25, 0.3) is 11.8 Å². The van der Waals surface area contributed by atoms with Crippen LogP contribution in [0.5, 0.6) is 0 Å². The molecule has 1 N–H and O–H groups in total. The van der Waals surface area contributed by atoms with Gasteiger partial charge in [-0.1, -0.05) is 18.1 Å². The number of piperidine rings is 1. The molecule has 10 heteroatoms. The van der Waals surface area contributed by atoms with Crippen LogP contribution >= 0.6 is 0 Å². The summed E-state index contributed by atoms with van der Waals surface area (Å²) in [5.74, 6) is 1.44. The summed E-state index contributed by atoms with van der Waals surface area (Å²) in [4.78, 5) is 29.7. The monoisotopic (exact) mass is 532 g/mol. The number of rotatable bonds is 7. The van der Waals surface area contributed by atoms with E-state index in [2.05, 4.69) is 46.1 Å². The molecule has 0 spiro atoms. The summed E-state index contributed by atoms with van der Waals surface area (Å²) < 4.78 is 5.64. The van der Waals surface area contributed by atoms with E-state index in [0.717, 1.165) is 69.1 Å². The molecule has 0 radical (unpaired) electrons. The molecule has 0 aliphatic carbocycles. The second kappa shape index (κ2) is 11.7. The number of carbonyl (C=O) groups excluding carboxylic acids is 1. The van der Waals surface area contributed by atoms with Crippen LogP contribution in [0.2, 0.25) is 0 Å². The van der Waals surface area contributed by atoms with Gasteiger partial charge in [-0.15, -0.1) is 5.10 Å². The molecule has 1 unspecified atom stereocenters. The number of hydrogen-bond acceptors (Lipinski definition) is 9. The minimum atomic E-state index is 0.157. The summed E-state index contributed by atoms with van der Waals surface area (Å²) in [6.07, 6.45) is 4.82. The molecule has 0 bridgehead atoms. The highest BCUT2D eigenvalue weighted by molar-refractivity contribution is 5.94. The molecule has 1 aromatic carbocycles. The van der Waals surface area contributed by atoms with Gasteiger partial charge in [0.1, 0.15) is 11.5 Å². The lowest BCUT2D eigenvalue weighted by atomic mass is 9.97. The Balaban J connectivity index is 1.20. The number of amides is 1. The third kappa shape index (κ3) is 5.75. The molecule has 1 atom stereocenters. The molecule has 10 nitrogen and oxygen atoms in total. The van der Waals surface area contributed by atoms with Crippen molar-refractivity contribution >= 4 is 17.7 Å². The van der Waals surface area contributed by atoms with Crippen LogP contribution in [-0.2, 0) is 0 Å². The number of likely N-dealkylation sites (tertiary alicyclic amines) is 1. The summed E-state index contributed by atoms with van der Waals surface area (Å²) in [6, 6.07) is 7.36. The Labute approximate surface area is 230 Å². The molecule has 208 valence electrons. The number of piperazine rings is 1. The lowest BCUT2D eigenvalue weighted by Crippen LogP contribution is -2.58. The van der Waals surface area contributed by atoms with Gasteiger partial charge in [-0.25, -0.2) is 9.97 Å². The molecule has 2 fully saturated rings. The van der Waals surface area contributed by atoms with Crippen LogP contribution in [0.1, 0.15) is 60.3 Å². The summed E-state index contributed by atoms with van der Waals surface area (Å²) in [5, 5.41) is 11.1. The minimum Gasteiger partial charge on any atom is -0.402 e. The van der Waals surface area contributed by atoms with E-state index in [0.29, 0.717) is 36.2 Å². The van der Waals surface area contributed by atoms with E-state index in [9.17, 15) is 4.79 Å². The Morgan fingerprint density at radius 3 is 2.54 bits per heavy atom. The molecule has 5 rings (SSSR count). The lowest BCUT2D eigenvalue weighted by Gasteiger charge is -2.47. The van der Waals surface area contributed by atoms with Gasteiger partial charge in [-0.3, -0.25) is 9.69 Å². The predicted octanol–water partition coefficient (Wildman–Crippen LogP) is 4.09. The van der Waals surface area contributed by atoms with Crippen molar-refractivity contribution in [3.05, 3.63) is 46.8 Å². The molecule has 4 heterocycles. The number of nitrogens with zero attached hydrogens (tertiary/aromatic N) is 7. The number of aryl methyl sites for hydroxylation is 3. The van der Waals surface area contributed by atoms with Crippen LogP contribution in [0.3, 0.4) is 0 Å². The zero-order valence-corrected chi connectivity index (χ0v) is 23.8. The molecule has 2 aliphatic heterocycles. The fraction of sp³-hybridized carbons (Fsp3) is 0.552. The molecule has 2 saturated heterocycles. The van der Waals surface area contributed by atoms with E-state index in [1.54, 1.807) is 6.20 Å². The van der Waals surface area contributed by atoms with Gasteiger partial charge < -0.3 is 19.5 Å². The zero-order chi connectivity index (χ0) is 27.5. The van der Waals surface area contributed by atoms with Crippen molar-refractivity contribution in [2.45, 2.75) is 66.0 Å². The SMILES string of the molecule is CCNc1nnc(-c2cnc(N3CCN(C4CCN(C(=O)c5ccc(C)c(C)c5)CC4)C(CC)C3)c(C)n2)o1. The molecule has 39 heavy (non-hydrogen) atoms. The van der Waals surface area contributed by atoms with E-state index in [-0.39, 0.29) is 5.91 Å². The highest BCUT2D eigenvalue weighted by atomic mass is 16.4. The summed E-state index contributed by atoms with van der Waals surface area (Å²) in [5.41, 5.74) is 4.63. The molecule has 2 aliphatic rings. The van der Waals surface area contributed by atoms with Crippen LogP contribution in [-0.4, -0.2) is 87.2 Å². The summed E-state index contributed by atoms with van der Waals surface area (Å²) in [6.45, 7) is 15.5. The second-order valence-corrected chi connectivity index (χ2v) is 10.7. The summed E-state index contributed by atoms with van der Waals surface area (Å²) >= 11 is 0. The first-order chi connectivity index (χ1) is 18.9. The maximum atomic E-state index is 13.1. The Morgan fingerprint density at radius 2 is 1.85 bits per heavy atom. The number of hydrogen-bond donors (Lipinski definition) is 1. The number of aromatic nitrogens is 4. The van der Waals surface area contributed by atoms with Crippen molar-refractivity contribution in [1.29, 1.82) is 0 Å². The van der Waals surface area contributed by atoms with Crippen molar-refractivity contribution in [3.8, 4) is 11.6 Å². The molecule has 2 aromatic heterocycles. The first-order valence-corrected chi connectivity index (χ1v) is 14.2. The first-order valence-electron chi connectivity index (χ1n) is 14.2. The van der Waals surface area contributed by atoms with Gasteiger partial charge in [0.2, 0.25) is 0 Å². The maximum absolute atomic E-state index is 13.1. The topological polar surface area (TPSA) is 104 Å². The molecular weight excluding hydrogens is 492 g/mol. The van der Waals surface area contributed by atoms with Crippen LogP contribution in [0.4, 0.5) is 11.8 Å². The van der Waals surface area contributed by atoms with Crippen molar-refractivity contribution in [3.63, 3.8) is 0 Å². The van der Waals surface area contributed by atoms with E-state index in [4.69, 9.17) is 14.4 Å². The molecule has 0 saturated carbocycles. The highest BCUT2D eigenvalue weighted by Gasteiger charge is 2.35. The normalized spacial score (nSPS) is 18.9. The second-order valence-electron chi connectivity index (χ2n) is 10.7. The number of benzene rings is 1. The highest BCUT2D eigenvalue weighted by Crippen LogP contribution is 2.28. The van der Waals surface area contributed by atoms with Gasteiger partial charge in [-0.2, -0.15) is 0 Å².